The summed E-state index contributed by atoms with van der Waals surface area (Å²) >= 11 is 1.18. The van der Waals surface area contributed by atoms with Gasteiger partial charge < -0.3 is 10.2 Å². The molecule has 1 heterocycles. The van der Waals surface area contributed by atoms with E-state index < -0.39 is 17.2 Å². The molecule has 9 heteroatoms. The van der Waals surface area contributed by atoms with Crippen molar-refractivity contribution >= 4 is 34.6 Å². The maximum atomic E-state index is 13.1. The highest BCUT2D eigenvalue weighted by atomic mass is 32.2. The molecular weight excluding hydrogens is 390 g/mol. The quantitative estimate of drug-likeness (QED) is 0.409. The number of carbonyl (C=O) groups excluding carboxylic acids is 2. The predicted molar refractivity (Wildman–Crippen MR) is 115 cm³/mol. The van der Waals surface area contributed by atoms with Crippen molar-refractivity contribution in [2.45, 2.75) is 44.1 Å². The molecule has 0 saturated carbocycles. The summed E-state index contributed by atoms with van der Waals surface area (Å²) in [4.78, 5) is 42.8. The molecule has 0 fully saturated rings. The van der Waals surface area contributed by atoms with Gasteiger partial charge in [0.2, 0.25) is 5.91 Å². The Labute approximate surface area is 175 Å². The molecule has 0 radical (unpaired) electrons. The molecule has 8 nitrogen and oxygen atoms in total. The SMILES string of the molecule is CC[NH+](CC)CCCn1c(S[C@H](C)C(=O)NC(=O)NC)nc2ccccc2c1=O. The zero-order valence-corrected chi connectivity index (χ0v) is 18.3. The number of nitrogens with one attached hydrogen (secondary N) is 3. The average Bonchev–Trinajstić information content (AvgIpc) is 2.72. The highest BCUT2D eigenvalue weighted by Crippen LogP contribution is 2.22. The molecule has 0 saturated heterocycles. The summed E-state index contributed by atoms with van der Waals surface area (Å²) < 4.78 is 1.65. The molecule has 0 spiro atoms. The maximum absolute atomic E-state index is 13.1. The Morgan fingerprint density at radius 3 is 2.59 bits per heavy atom. The standard InChI is InChI=1S/C20H29N5O3S/c1-5-24(6-2)12-9-13-25-18(27)15-10-7-8-11-16(15)22-20(25)29-14(3)17(26)23-19(28)21-4/h7-8,10-11,14H,5-6,9,12-13H2,1-4H3,(H2,21,23,26,28)/p+1/t14-/m1/s1. The van der Waals surface area contributed by atoms with Crippen LogP contribution in [0.25, 0.3) is 10.9 Å². The van der Waals surface area contributed by atoms with Crippen LogP contribution < -0.4 is 21.1 Å². The van der Waals surface area contributed by atoms with Crippen molar-refractivity contribution in [1.29, 1.82) is 0 Å². The number of urea groups is 1. The second-order valence-corrected chi connectivity index (χ2v) is 8.07. The molecule has 0 aliphatic rings. The molecule has 158 valence electrons. The minimum Gasteiger partial charge on any atom is -0.341 e. The third-order valence-electron chi connectivity index (χ3n) is 4.85. The average molecular weight is 421 g/mol. The fraction of sp³-hybridized carbons (Fsp3) is 0.500. The van der Waals surface area contributed by atoms with Crippen LogP contribution in [0.1, 0.15) is 27.2 Å². The van der Waals surface area contributed by atoms with E-state index in [4.69, 9.17) is 0 Å². The Hall–Kier alpha value is -2.39. The van der Waals surface area contributed by atoms with Crippen molar-refractivity contribution in [2.75, 3.05) is 26.7 Å². The lowest BCUT2D eigenvalue weighted by molar-refractivity contribution is -0.896. The summed E-state index contributed by atoms with van der Waals surface area (Å²) in [5, 5.41) is 5.09. The molecular formula is C20H30N5O3S+. The van der Waals surface area contributed by atoms with Crippen LogP contribution in [0.3, 0.4) is 0 Å². The smallest absolute Gasteiger partial charge is 0.321 e. The first-order chi connectivity index (χ1) is 13.9. The highest BCUT2D eigenvalue weighted by Gasteiger charge is 2.21. The van der Waals surface area contributed by atoms with Gasteiger partial charge in [-0.3, -0.25) is 19.5 Å². The van der Waals surface area contributed by atoms with E-state index in [1.165, 1.54) is 23.7 Å². The monoisotopic (exact) mass is 420 g/mol. The van der Waals surface area contributed by atoms with Crippen LogP contribution in [0.4, 0.5) is 4.79 Å². The van der Waals surface area contributed by atoms with Gasteiger partial charge in [0.05, 0.1) is 35.8 Å². The normalized spacial score (nSPS) is 12.2. The van der Waals surface area contributed by atoms with Gasteiger partial charge in [0.1, 0.15) is 0 Å². The number of aromatic nitrogens is 2. The molecule has 2 aromatic rings. The molecule has 0 unspecified atom stereocenters. The number of hydrogen-bond acceptors (Lipinski definition) is 5. The lowest BCUT2D eigenvalue weighted by Crippen LogP contribution is -3.11. The first-order valence-corrected chi connectivity index (χ1v) is 10.8. The number of quaternary nitrogens is 1. The second-order valence-electron chi connectivity index (χ2n) is 6.76. The topological polar surface area (TPSA) is 97.5 Å². The summed E-state index contributed by atoms with van der Waals surface area (Å²) in [6, 6.07) is 6.66. The van der Waals surface area contributed by atoms with Gasteiger partial charge in [-0.2, -0.15) is 0 Å². The van der Waals surface area contributed by atoms with Crippen molar-refractivity contribution in [2.24, 2.45) is 0 Å². The van der Waals surface area contributed by atoms with Gasteiger partial charge in [-0.25, -0.2) is 9.78 Å². The van der Waals surface area contributed by atoms with Crippen LogP contribution in [-0.2, 0) is 11.3 Å². The summed E-state index contributed by atoms with van der Waals surface area (Å²) in [7, 11) is 1.45. The number of thioether (sulfide) groups is 1. The Bertz CT molecular complexity index is 911. The van der Waals surface area contributed by atoms with Crippen molar-refractivity contribution < 1.29 is 14.5 Å². The summed E-state index contributed by atoms with van der Waals surface area (Å²) in [6.07, 6.45) is 0.837. The molecule has 3 N–H and O–H groups in total. The van der Waals surface area contributed by atoms with Crippen LogP contribution in [-0.4, -0.2) is 53.4 Å². The Balaban J connectivity index is 2.29. The van der Waals surface area contributed by atoms with E-state index in [1.807, 2.05) is 12.1 Å². The number of rotatable bonds is 9. The van der Waals surface area contributed by atoms with Crippen molar-refractivity contribution in [3.8, 4) is 0 Å². The van der Waals surface area contributed by atoms with Gasteiger partial charge in [-0.05, 0) is 32.9 Å². The highest BCUT2D eigenvalue weighted by molar-refractivity contribution is 8.00. The summed E-state index contributed by atoms with van der Waals surface area (Å²) in [5.41, 5.74) is 0.496. The molecule has 0 aliphatic heterocycles. The van der Waals surface area contributed by atoms with E-state index in [0.29, 0.717) is 22.6 Å². The number of nitrogens with zero attached hydrogens (tertiary/aromatic N) is 2. The van der Waals surface area contributed by atoms with Crippen LogP contribution in [0, 0.1) is 0 Å². The van der Waals surface area contributed by atoms with E-state index in [2.05, 4.69) is 29.5 Å². The van der Waals surface area contributed by atoms with Gasteiger partial charge in [-0.1, -0.05) is 23.9 Å². The number of fused-ring (bicyclic) bond motifs is 1. The van der Waals surface area contributed by atoms with E-state index in [0.717, 1.165) is 26.1 Å². The van der Waals surface area contributed by atoms with Gasteiger partial charge in [0.25, 0.3) is 5.56 Å². The fourth-order valence-corrected chi connectivity index (χ4v) is 3.95. The minimum absolute atomic E-state index is 0.105. The molecule has 3 amide bonds. The molecule has 2 rings (SSSR count). The van der Waals surface area contributed by atoms with Gasteiger partial charge >= 0.3 is 6.03 Å². The van der Waals surface area contributed by atoms with Crippen molar-refractivity contribution in [3.63, 3.8) is 0 Å². The third-order valence-corrected chi connectivity index (χ3v) is 5.94. The maximum Gasteiger partial charge on any atom is 0.321 e. The van der Waals surface area contributed by atoms with Gasteiger partial charge in [0.15, 0.2) is 5.16 Å². The van der Waals surface area contributed by atoms with E-state index in [-0.39, 0.29) is 5.56 Å². The molecule has 1 atom stereocenters. The van der Waals surface area contributed by atoms with E-state index >= 15 is 0 Å². The molecule has 29 heavy (non-hydrogen) atoms. The Kier molecular flexibility index (Phi) is 8.66. The first kappa shape index (κ1) is 22.9. The Morgan fingerprint density at radius 1 is 1.24 bits per heavy atom. The number of amides is 3. The van der Waals surface area contributed by atoms with Crippen LogP contribution >= 0.6 is 11.8 Å². The number of hydrogen-bond donors (Lipinski definition) is 3. The summed E-state index contributed by atoms with van der Waals surface area (Å²) in [5.74, 6) is -0.434. The second kappa shape index (κ2) is 11.0. The van der Waals surface area contributed by atoms with Crippen LogP contribution in [0.15, 0.2) is 34.2 Å². The molecule has 0 bridgehead atoms. The van der Waals surface area contributed by atoms with Crippen molar-refractivity contribution in [1.82, 2.24) is 20.2 Å². The minimum atomic E-state index is -0.583. The predicted octanol–water partition coefficient (Wildman–Crippen LogP) is 0.648. The lowest BCUT2D eigenvalue weighted by atomic mass is 10.2. The van der Waals surface area contributed by atoms with Gasteiger partial charge in [-0.15, -0.1) is 0 Å². The number of imide groups is 1. The van der Waals surface area contributed by atoms with Gasteiger partial charge in [0, 0.05) is 20.0 Å². The number of benzene rings is 1. The lowest BCUT2D eigenvalue weighted by Gasteiger charge is -2.18. The van der Waals surface area contributed by atoms with Crippen molar-refractivity contribution in [3.05, 3.63) is 34.6 Å². The zero-order chi connectivity index (χ0) is 21.4. The van der Waals surface area contributed by atoms with E-state index in [1.54, 1.807) is 23.6 Å². The zero-order valence-electron chi connectivity index (χ0n) is 17.4. The first-order valence-electron chi connectivity index (χ1n) is 9.93. The third kappa shape index (κ3) is 6.04. The largest absolute Gasteiger partial charge is 0.341 e. The fourth-order valence-electron chi connectivity index (χ4n) is 3.01. The molecule has 0 aliphatic carbocycles. The Morgan fingerprint density at radius 2 is 1.93 bits per heavy atom. The number of carbonyl (C=O) groups is 2. The van der Waals surface area contributed by atoms with E-state index in [9.17, 15) is 14.4 Å². The molecule has 1 aromatic heterocycles. The summed E-state index contributed by atoms with van der Waals surface area (Å²) in [6.45, 7) is 9.57. The number of para-hydroxylation sites is 1. The van der Waals surface area contributed by atoms with Crippen LogP contribution in [0.2, 0.25) is 0 Å². The molecule has 1 aromatic carbocycles. The van der Waals surface area contributed by atoms with Crippen LogP contribution in [0.5, 0.6) is 0 Å².